The first-order chi connectivity index (χ1) is 25.3. The summed E-state index contributed by atoms with van der Waals surface area (Å²) in [5.74, 6) is -0.570. The van der Waals surface area contributed by atoms with E-state index < -0.39 is 12.2 Å². The Hall–Kier alpha value is -6.00. The van der Waals surface area contributed by atoms with Crippen molar-refractivity contribution in [3.8, 4) is 0 Å². The minimum atomic E-state index is -0.794. The summed E-state index contributed by atoms with van der Waals surface area (Å²) in [5.41, 5.74) is 4.00. The molecule has 2 N–H and O–H groups in total. The van der Waals surface area contributed by atoms with Gasteiger partial charge in [0.25, 0.3) is 5.91 Å². The Morgan fingerprint density at radius 3 is 2.19 bits per heavy atom. The fourth-order valence-electron chi connectivity index (χ4n) is 7.24. The van der Waals surface area contributed by atoms with Crippen LogP contribution in [0.15, 0.2) is 127 Å². The summed E-state index contributed by atoms with van der Waals surface area (Å²) in [4.78, 5) is 58.5. The summed E-state index contributed by atoms with van der Waals surface area (Å²) in [6.45, 7) is 4.76. The van der Waals surface area contributed by atoms with Gasteiger partial charge in [-0.3, -0.25) is 19.4 Å². The van der Waals surface area contributed by atoms with Crippen LogP contribution in [0.25, 0.3) is 10.8 Å². The van der Waals surface area contributed by atoms with Crippen LogP contribution in [0.1, 0.15) is 40.9 Å². The van der Waals surface area contributed by atoms with Gasteiger partial charge in [0.2, 0.25) is 11.8 Å². The van der Waals surface area contributed by atoms with E-state index in [2.05, 4.69) is 28.8 Å². The van der Waals surface area contributed by atoms with Crippen LogP contribution in [0, 0.1) is 0 Å². The molecule has 2 atom stereocenters. The van der Waals surface area contributed by atoms with E-state index in [9.17, 15) is 19.2 Å². The van der Waals surface area contributed by atoms with E-state index in [1.165, 1.54) is 0 Å². The third-order valence-corrected chi connectivity index (χ3v) is 9.75. The van der Waals surface area contributed by atoms with E-state index in [1.54, 1.807) is 22.0 Å². The molecule has 5 amide bonds. The molecule has 264 valence electrons. The molecule has 2 aliphatic heterocycles. The predicted molar refractivity (Wildman–Crippen MR) is 201 cm³/mol. The number of urea groups is 1. The highest BCUT2D eigenvalue weighted by Crippen LogP contribution is 2.32. The molecule has 2 aliphatic rings. The molecule has 5 aromatic carbocycles. The molecule has 52 heavy (non-hydrogen) atoms. The number of anilines is 1. The van der Waals surface area contributed by atoms with Gasteiger partial charge in [0, 0.05) is 36.8 Å². The van der Waals surface area contributed by atoms with Crippen molar-refractivity contribution in [3.63, 3.8) is 0 Å². The fourth-order valence-corrected chi connectivity index (χ4v) is 7.24. The van der Waals surface area contributed by atoms with Crippen molar-refractivity contribution in [1.82, 2.24) is 25.1 Å². The van der Waals surface area contributed by atoms with Crippen LogP contribution in [0.4, 0.5) is 10.5 Å². The first-order valence-corrected chi connectivity index (χ1v) is 17.7. The number of amides is 5. The Bertz CT molecular complexity index is 2070. The molecule has 0 aromatic heterocycles. The molecular weight excluding hydrogens is 653 g/mol. The van der Waals surface area contributed by atoms with Crippen molar-refractivity contribution >= 4 is 40.2 Å². The van der Waals surface area contributed by atoms with Gasteiger partial charge in [-0.25, -0.2) is 4.79 Å². The number of nitrogens with one attached hydrogen (secondary N) is 2. The molecule has 0 radical (unpaired) electrons. The number of fused-ring (bicyclic) bond motifs is 2. The van der Waals surface area contributed by atoms with E-state index in [0.717, 1.165) is 27.5 Å². The lowest BCUT2D eigenvalue weighted by molar-refractivity contribution is -0.158. The maximum absolute atomic E-state index is 14.5. The molecule has 0 aliphatic carbocycles. The van der Waals surface area contributed by atoms with Crippen LogP contribution in [0.2, 0.25) is 0 Å². The van der Waals surface area contributed by atoms with Crippen molar-refractivity contribution < 1.29 is 19.2 Å². The summed E-state index contributed by atoms with van der Waals surface area (Å²) >= 11 is 0. The van der Waals surface area contributed by atoms with Gasteiger partial charge in [0.05, 0.1) is 13.1 Å². The summed E-state index contributed by atoms with van der Waals surface area (Å²) in [5, 5.41) is 11.6. The standard InChI is InChI=1S/C42H42N6O4/c1-29(2)48(42(52)43-25-31-12-5-3-6-13-31)46-28-39(49)47-37(24-30-20-22-35(23-21-30)44-40(50)33-15-7-4-8-16-33)41(51)45(27-38(46)47)26-34-18-11-17-32-14-9-10-19-36(32)34/h3-23,29,37-38H,24-28H2,1-2H3,(H,43,52)(H,44,50)/t37-,38+/m0/s1. The quantitative estimate of drug-likeness (QED) is 0.185. The van der Waals surface area contributed by atoms with Gasteiger partial charge in [-0.1, -0.05) is 103 Å². The second kappa shape index (κ2) is 15.1. The molecule has 2 heterocycles. The highest BCUT2D eigenvalue weighted by atomic mass is 16.2. The lowest BCUT2D eigenvalue weighted by Gasteiger charge is -2.47. The minimum absolute atomic E-state index is 0.0298. The number of nitrogens with zero attached hydrogens (tertiary/aromatic N) is 4. The van der Waals surface area contributed by atoms with Crippen molar-refractivity contribution in [2.75, 3.05) is 18.4 Å². The van der Waals surface area contributed by atoms with Gasteiger partial charge in [-0.2, -0.15) is 5.01 Å². The van der Waals surface area contributed by atoms with Crippen LogP contribution in [0.5, 0.6) is 0 Å². The smallest absolute Gasteiger partial charge is 0.332 e. The lowest BCUT2D eigenvalue weighted by Crippen LogP contribution is -2.66. The lowest BCUT2D eigenvalue weighted by atomic mass is 9.98. The summed E-state index contributed by atoms with van der Waals surface area (Å²) < 4.78 is 0. The zero-order chi connectivity index (χ0) is 36.2. The van der Waals surface area contributed by atoms with Crippen LogP contribution in [0.3, 0.4) is 0 Å². The van der Waals surface area contributed by atoms with Crippen molar-refractivity contribution in [1.29, 1.82) is 0 Å². The van der Waals surface area contributed by atoms with E-state index >= 15 is 0 Å². The molecule has 0 spiro atoms. The zero-order valence-electron chi connectivity index (χ0n) is 29.3. The Morgan fingerprint density at radius 2 is 1.46 bits per heavy atom. The van der Waals surface area contributed by atoms with E-state index in [4.69, 9.17) is 0 Å². The summed E-state index contributed by atoms with van der Waals surface area (Å²) in [6.07, 6.45) is -0.282. The van der Waals surface area contributed by atoms with Gasteiger partial charge >= 0.3 is 6.03 Å². The number of rotatable bonds is 10. The monoisotopic (exact) mass is 694 g/mol. The van der Waals surface area contributed by atoms with Crippen LogP contribution in [-0.4, -0.2) is 74.9 Å². The molecule has 10 nitrogen and oxygen atoms in total. The van der Waals surface area contributed by atoms with Crippen LogP contribution < -0.4 is 10.6 Å². The maximum Gasteiger partial charge on any atom is 0.332 e. The third-order valence-electron chi connectivity index (χ3n) is 9.75. The number of benzene rings is 5. The highest BCUT2D eigenvalue weighted by molar-refractivity contribution is 6.04. The molecule has 0 unspecified atom stereocenters. The first-order valence-electron chi connectivity index (χ1n) is 17.7. The molecule has 0 bridgehead atoms. The third kappa shape index (κ3) is 7.24. The number of hydrogen-bond acceptors (Lipinski definition) is 5. The number of hydrazine groups is 1. The SMILES string of the molecule is CC(C)N(C(=O)NCc1ccccc1)N1CC(=O)N2[C@@H](Cc3ccc(NC(=O)c4ccccc4)cc3)C(=O)N(Cc3cccc4ccccc34)C[C@@H]21. The summed E-state index contributed by atoms with van der Waals surface area (Å²) in [7, 11) is 0. The van der Waals surface area contributed by atoms with E-state index in [1.807, 2.05) is 121 Å². The Labute approximate surface area is 303 Å². The average molecular weight is 695 g/mol. The summed E-state index contributed by atoms with van der Waals surface area (Å²) in [6, 6.07) is 38.9. The average Bonchev–Trinajstić information content (AvgIpc) is 3.48. The van der Waals surface area contributed by atoms with Gasteiger partial charge < -0.3 is 20.4 Å². The normalized spacial score (nSPS) is 17.4. The minimum Gasteiger partial charge on any atom is -0.333 e. The van der Waals surface area contributed by atoms with Gasteiger partial charge in [-0.05, 0) is 65.6 Å². The molecule has 2 fully saturated rings. The largest absolute Gasteiger partial charge is 0.333 e. The van der Waals surface area contributed by atoms with E-state index in [0.29, 0.717) is 24.3 Å². The van der Waals surface area contributed by atoms with Crippen molar-refractivity contribution in [2.24, 2.45) is 0 Å². The Balaban J connectivity index is 1.17. The van der Waals surface area contributed by atoms with Crippen molar-refractivity contribution in [3.05, 3.63) is 150 Å². The molecule has 7 rings (SSSR count). The van der Waals surface area contributed by atoms with Gasteiger partial charge in [-0.15, -0.1) is 0 Å². The van der Waals surface area contributed by atoms with Crippen molar-refractivity contribution in [2.45, 2.75) is 51.6 Å². The molecule has 0 saturated carbocycles. The fraction of sp³-hybridized carbons (Fsp3) is 0.238. The van der Waals surface area contributed by atoms with Gasteiger partial charge in [0.15, 0.2) is 0 Å². The molecule has 10 heteroatoms. The molecule has 2 saturated heterocycles. The number of hydrogen-bond donors (Lipinski definition) is 2. The van der Waals surface area contributed by atoms with Gasteiger partial charge in [0.1, 0.15) is 12.2 Å². The number of carbonyl (C=O) groups is 4. The molecule has 5 aromatic rings. The topological polar surface area (TPSA) is 105 Å². The van der Waals surface area contributed by atoms with Crippen LogP contribution >= 0.6 is 0 Å². The second-order valence-corrected chi connectivity index (χ2v) is 13.6. The van der Waals surface area contributed by atoms with Crippen LogP contribution in [-0.2, 0) is 29.1 Å². The second-order valence-electron chi connectivity index (χ2n) is 13.6. The highest BCUT2D eigenvalue weighted by Gasteiger charge is 2.52. The first kappa shape index (κ1) is 34.4. The zero-order valence-corrected chi connectivity index (χ0v) is 29.3. The predicted octanol–water partition coefficient (Wildman–Crippen LogP) is 6.05. The number of carbonyl (C=O) groups excluding carboxylic acids is 4. The molecular formula is C42H42N6O4. The number of piperazine rings is 1. The maximum atomic E-state index is 14.5. The van der Waals surface area contributed by atoms with E-state index in [-0.39, 0.29) is 49.3 Å². The Morgan fingerprint density at radius 1 is 0.788 bits per heavy atom. The Kier molecular flexibility index (Phi) is 9.99.